The Balaban J connectivity index is 2.56. The molecule has 0 spiro atoms. The molecule has 1 unspecified atom stereocenters. The summed E-state index contributed by atoms with van der Waals surface area (Å²) in [4.78, 5) is 14.1. The van der Waals surface area contributed by atoms with Crippen molar-refractivity contribution < 1.29 is 4.79 Å². The molecule has 0 saturated carbocycles. The van der Waals surface area contributed by atoms with E-state index in [0.29, 0.717) is 11.3 Å². The lowest BCUT2D eigenvalue weighted by atomic mass is 10.1. The van der Waals surface area contributed by atoms with Gasteiger partial charge in [-0.1, -0.05) is 0 Å². The van der Waals surface area contributed by atoms with Gasteiger partial charge in [0.1, 0.15) is 0 Å². The van der Waals surface area contributed by atoms with Crippen molar-refractivity contribution in [1.82, 2.24) is 10.2 Å². The maximum Gasteiger partial charge on any atom is 0.251 e. The maximum atomic E-state index is 12.0. The molecule has 0 aliphatic rings. The van der Waals surface area contributed by atoms with E-state index < -0.39 is 0 Å². The average Bonchev–Trinajstić information content (AvgIpc) is 2.30. The van der Waals surface area contributed by atoms with Crippen molar-refractivity contribution >= 4 is 27.5 Å². The second-order valence-electron chi connectivity index (χ2n) is 4.70. The van der Waals surface area contributed by atoms with Gasteiger partial charge in [0.05, 0.1) is 0 Å². The van der Waals surface area contributed by atoms with Crippen LogP contribution in [0.5, 0.6) is 0 Å². The summed E-state index contributed by atoms with van der Waals surface area (Å²) in [7, 11) is 4.04. The number of nitrogens with one attached hydrogen (secondary N) is 1. The van der Waals surface area contributed by atoms with Crippen molar-refractivity contribution in [3.63, 3.8) is 0 Å². The Hall–Kier alpha value is -1.07. The highest BCUT2D eigenvalue weighted by Crippen LogP contribution is 2.20. The monoisotopic (exact) mass is 313 g/mol. The summed E-state index contributed by atoms with van der Waals surface area (Å²) < 4.78 is 0.805. The van der Waals surface area contributed by atoms with Crippen molar-refractivity contribution in [3.05, 3.63) is 28.2 Å². The number of amides is 1. The Labute approximate surface area is 117 Å². The number of halogens is 1. The van der Waals surface area contributed by atoms with Gasteiger partial charge < -0.3 is 16.0 Å². The minimum Gasteiger partial charge on any atom is -0.398 e. The Kier molecular flexibility index (Phi) is 5.62. The summed E-state index contributed by atoms with van der Waals surface area (Å²) in [5, 5.41) is 2.96. The van der Waals surface area contributed by atoms with Crippen LogP contribution < -0.4 is 11.1 Å². The minimum atomic E-state index is -0.0829. The third kappa shape index (κ3) is 4.66. The Bertz CT molecular complexity index is 421. The van der Waals surface area contributed by atoms with Crippen molar-refractivity contribution in [2.24, 2.45) is 0 Å². The molecule has 1 aromatic rings. The fraction of sp³-hybridized carbons (Fsp3) is 0.462. The van der Waals surface area contributed by atoms with E-state index in [1.807, 2.05) is 21.0 Å². The molecule has 0 radical (unpaired) electrons. The highest BCUT2D eigenvalue weighted by Gasteiger charge is 2.10. The molecule has 3 N–H and O–H groups in total. The molecule has 100 valence electrons. The first-order valence-electron chi connectivity index (χ1n) is 5.90. The van der Waals surface area contributed by atoms with Gasteiger partial charge in [0.25, 0.3) is 5.91 Å². The number of rotatable bonds is 5. The topological polar surface area (TPSA) is 58.4 Å². The average molecular weight is 314 g/mol. The van der Waals surface area contributed by atoms with Gasteiger partial charge in [0, 0.05) is 21.8 Å². The van der Waals surface area contributed by atoms with E-state index in [4.69, 9.17) is 5.73 Å². The standard InChI is InChI=1S/C13H20BrN3O/c1-9(6-7-17(2)3)16-13(18)10-4-5-11(14)12(15)8-10/h4-5,8-9H,6-7,15H2,1-3H3,(H,16,18). The first-order chi connectivity index (χ1) is 8.40. The minimum absolute atomic E-state index is 0.0829. The smallest absolute Gasteiger partial charge is 0.251 e. The number of hydrogen-bond donors (Lipinski definition) is 2. The lowest BCUT2D eigenvalue weighted by Crippen LogP contribution is -2.34. The number of carbonyl (C=O) groups is 1. The number of nitrogens with two attached hydrogens (primary N) is 1. The molecule has 0 saturated heterocycles. The predicted octanol–water partition coefficient (Wildman–Crippen LogP) is 2.10. The first-order valence-corrected chi connectivity index (χ1v) is 6.70. The normalized spacial score (nSPS) is 12.5. The summed E-state index contributed by atoms with van der Waals surface area (Å²) >= 11 is 3.31. The quantitative estimate of drug-likeness (QED) is 0.818. The van der Waals surface area contributed by atoms with Gasteiger partial charge >= 0.3 is 0 Å². The van der Waals surface area contributed by atoms with Crippen LogP contribution >= 0.6 is 15.9 Å². The van der Waals surface area contributed by atoms with E-state index >= 15 is 0 Å². The van der Waals surface area contributed by atoms with E-state index in [-0.39, 0.29) is 11.9 Å². The van der Waals surface area contributed by atoms with Crippen LogP contribution in [0.3, 0.4) is 0 Å². The van der Waals surface area contributed by atoms with E-state index in [0.717, 1.165) is 17.4 Å². The zero-order valence-corrected chi connectivity index (χ0v) is 12.6. The molecule has 1 amide bonds. The van der Waals surface area contributed by atoms with Gasteiger partial charge in [0.15, 0.2) is 0 Å². The molecule has 0 bridgehead atoms. The predicted molar refractivity (Wildman–Crippen MR) is 78.7 cm³/mol. The number of benzene rings is 1. The van der Waals surface area contributed by atoms with Crippen molar-refractivity contribution in [1.29, 1.82) is 0 Å². The molecule has 18 heavy (non-hydrogen) atoms. The number of anilines is 1. The van der Waals surface area contributed by atoms with Crippen LogP contribution in [0.15, 0.2) is 22.7 Å². The number of carbonyl (C=O) groups excluding carboxylic acids is 1. The molecule has 1 atom stereocenters. The van der Waals surface area contributed by atoms with E-state index in [9.17, 15) is 4.79 Å². The van der Waals surface area contributed by atoms with Crippen LogP contribution in [0.4, 0.5) is 5.69 Å². The number of nitrogens with zero attached hydrogens (tertiary/aromatic N) is 1. The van der Waals surface area contributed by atoms with Crippen LogP contribution in [0, 0.1) is 0 Å². The molecule has 0 aromatic heterocycles. The third-order valence-corrected chi connectivity index (χ3v) is 3.37. The Morgan fingerprint density at radius 3 is 2.72 bits per heavy atom. The van der Waals surface area contributed by atoms with Crippen molar-refractivity contribution in [2.75, 3.05) is 26.4 Å². The van der Waals surface area contributed by atoms with E-state index in [1.165, 1.54) is 0 Å². The van der Waals surface area contributed by atoms with Gasteiger partial charge in [-0.15, -0.1) is 0 Å². The second-order valence-corrected chi connectivity index (χ2v) is 5.56. The molecule has 0 aliphatic heterocycles. The number of hydrogen-bond acceptors (Lipinski definition) is 3. The lowest BCUT2D eigenvalue weighted by Gasteiger charge is -2.17. The molecule has 1 rings (SSSR count). The van der Waals surface area contributed by atoms with Gasteiger partial charge in [-0.3, -0.25) is 4.79 Å². The highest BCUT2D eigenvalue weighted by atomic mass is 79.9. The third-order valence-electron chi connectivity index (χ3n) is 2.65. The van der Waals surface area contributed by atoms with Gasteiger partial charge in [0.2, 0.25) is 0 Å². The van der Waals surface area contributed by atoms with Crippen LogP contribution in [0.2, 0.25) is 0 Å². The summed E-state index contributed by atoms with van der Waals surface area (Å²) in [6.45, 7) is 2.95. The summed E-state index contributed by atoms with van der Waals surface area (Å²) in [5.41, 5.74) is 6.92. The van der Waals surface area contributed by atoms with Crippen LogP contribution in [0.1, 0.15) is 23.7 Å². The zero-order valence-electron chi connectivity index (χ0n) is 11.0. The van der Waals surface area contributed by atoms with Crippen molar-refractivity contribution in [2.45, 2.75) is 19.4 Å². The fourth-order valence-electron chi connectivity index (χ4n) is 1.52. The van der Waals surface area contributed by atoms with E-state index in [2.05, 4.69) is 26.1 Å². The van der Waals surface area contributed by atoms with Gasteiger partial charge in [-0.05, 0) is 68.1 Å². The Morgan fingerprint density at radius 2 is 2.17 bits per heavy atom. The fourth-order valence-corrected chi connectivity index (χ4v) is 1.76. The molecule has 0 aliphatic carbocycles. The molecule has 0 heterocycles. The Morgan fingerprint density at radius 1 is 1.50 bits per heavy atom. The molecule has 5 heteroatoms. The molecule has 4 nitrogen and oxygen atoms in total. The van der Waals surface area contributed by atoms with E-state index in [1.54, 1.807) is 18.2 Å². The molecular formula is C13H20BrN3O. The molecule has 0 fully saturated rings. The summed E-state index contributed by atoms with van der Waals surface area (Å²) in [6.07, 6.45) is 0.921. The lowest BCUT2D eigenvalue weighted by molar-refractivity contribution is 0.0937. The molecular weight excluding hydrogens is 294 g/mol. The SMILES string of the molecule is CC(CCN(C)C)NC(=O)c1ccc(Br)c(N)c1. The summed E-state index contributed by atoms with van der Waals surface area (Å²) in [5.74, 6) is -0.0829. The largest absolute Gasteiger partial charge is 0.398 e. The van der Waals surface area contributed by atoms with Crippen LogP contribution in [0.25, 0.3) is 0 Å². The molecule has 1 aromatic carbocycles. The number of nitrogen functional groups attached to an aromatic ring is 1. The second kappa shape index (κ2) is 6.75. The highest BCUT2D eigenvalue weighted by molar-refractivity contribution is 9.10. The van der Waals surface area contributed by atoms with Crippen LogP contribution in [-0.4, -0.2) is 37.5 Å². The van der Waals surface area contributed by atoms with Gasteiger partial charge in [-0.2, -0.15) is 0 Å². The zero-order chi connectivity index (χ0) is 13.7. The van der Waals surface area contributed by atoms with Gasteiger partial charge in [-0.25, -0.2) is 0 Å². The summed E-state index contributed by atoms with van der Waals surface area (Å²) in [6, 6.07) is 5.37. The van der Waals surface area contributed by atoms with Crippen LogP contribution in [-0.2, 0) is 0 Å². The maximum absolute atomic E-state index is 12.0. The first kappa shape index (κ1) is 15.0. The van der Waals surface area contributed by atoms with Crippen molar-refractivity contribution in [3.8, 4) is 0 Å².